The Balaban J connectivity index is 2.49. The topological polar surface area (TPSA) is 38.8 Å². The standard InChI is InChI=1S/C9H16O3/c1-5-11-8(10)9(4)7(12-9)6(2)3/h6-7H,5H2,1-4H3/t7-,9-/m0/s1. The molecule has 1 saturated heterocycles. The van der Waals surface area contributed by atoms with Crippen LogP contribution >= 0.6 is 0 Å². The molecule has 3 heteroatoms. The van der Waals surface area contributed by atoms with Gasteiger partial charge in [0.05, 0.1) is 6.61 Å². The van der Waals surface area contributed by atoms with Crippen molar-refractivity contribution in [3.05, 3.63) is 0 Å². The fourth-order valence-corrected chi connectivity index (χ4v) is 1.44. The summed E-state index contributed by atoms with van der Waals surface area (Å²) in [6.45, 7) is 8.08. The van der Waals surface area contributed by atoms with Crippen molar-refractivity contribution in [1.82, 2.24) is 0 Å². The molecule has 1 heterocycles. The van der Waals surface area contributed by atoms with E-state index in [1.807, 2.05) is 13.8 Å². The van der Waals surface area contributed by atoms with Crippen LogP contribution < -0.4 is 0 Å². The zero-order valence-corrected chi connectivity index (χ0v) is 8.09. The molecule has 0 radical (unpaired) electrons. The van der Waals surface area contributed by atoms with Gasteiger partial charge >= 0.3 is 5.97 Å². The molecule has 0 saturated carbocycles. The van der Waals surface area contributed by atoms with Crippen LogP contribution in [0.2, 0.25) is 0 Å². The smallest absolute Gasteiger partial charge is 0.340 e. The highest BCUT2D eigenvalue weighted by molar-refractivity contribution is 5.82. The van der Waals surface area contributed by atoms with Crippen molar-refractivity contribution in [3.63, 3.8) is 0 Å². The molecule has 0 N–H and O–H groups in total. The van der Waals surface area contributed by atoms with Gasteiger partial charge in [0.25, 0.3) is 0 Å². The quantitative estimate of drug-likeness (QED) is 0.476. The van der Waals surface area contributed by atoms with Gasteiger partial charge in [0.2, 0.25) is 0 Å². The number of hydrogen-bond acceptors (Lipinski definition) is 3. The Morgan fingerprint density at radius 3 is 2.58 bits per heavy atom. The Kier molecular flexibility index (Phi) is 2.42. The predicted octanol–water partition coefficient (Wildman–Crippen LogP) is 1.36. The molecular formula is C9H16O3. The number of rotatable bonds is 3. The van der Waals surface area contributed by atoms with Gasteiger partial charge in [-0.1, -0.05) is 13.8 Å². The number of hydrogen-bond donors (Lipinski definition) is 0. The second-order valence-corrected chi connectivity index (χ2v) is 3.61. The molecule has 0 bridgehead atoms. The molecule has 1 aliphatic heterocycles. The van der Waals surface area contributed by atoms with Gasteiger partial charge in [0.1, 0.15) is 6.10 Å². The Hall–Kier alpha value is -0.570. The molecular weight excluding hydrogens is 156 g/mol. The highest BCUT2D eigenvalue weighted by atomic mass is 16.7. The van der Waals surface area contributed by atoms with Crippen LogP contribution in [0.25, 0.3) is 0 Å². The number of esters is 1. The van der Waals surface area contributed by atoms with Gasteiger partial charge in [-0.2, -0.15) is 0 Å². The van der Waals surface area contributed by atoms with E-state index < -0.39 is 5.60 Å². The molecule has 0 aliphatic carbocycles. The molecule has 70 valence electrons. The van der Waals surface area contributed by atoms with Crippen LogP contribution in [-0.2, 0) is 14.3 Å². The molecule has 0 aromatic rings. The third kappa shape index (κ3) is 1.46. The third-order valence-corrected chi connectivity index (χ3v) is 2.14. The molecule has 1 aliphatic rings. The molecule has 0 aromatic carbocycles. The Morgan fingerprint density at radius 1 is 1.67 bits per heavy atom. The second-order valence-electron chi connectivity index (χ2n) is 3.61. The lowest BCUT2D eigenvalue weighted by molar-refractivity contribution is -0.148. The first-order valence-electron chi connectivity index (χ1n) is 4.37. The van der Waals surface area contributed by atoms with E-state index in [-0.39, 0.29) is 12.1 Å². The Morgan fingerprint density at radius 2 is 2.25 bits per heavy atom. The summed E-state index contributed by atoms with van der Waals surface area (Å²) >= 11 is 0. The molecule has 0 unspecified atom stereocenters. The van der Waals surface area contributed by atoms with Gasteiger partial charge in [0, 0.05) is 0 Å². The minimum Gasteiger partial charge on any atom is -0.464 e. The molecule has 1 fully saturated rings. The van der Waals surface area contributed by atoms with Crippen molar-refractivity contribution in [1.29, 1.82) is 0 Å². The maximum atomic E-state index is 11.3. The Labute approximate surface area is 73.0 Å². The van der Waals surface area contributed by atoms with Gasteiger partial charge < -0.3 is 9.47 Å². The summed E-state index contributed by atoms with van der Waals surface area (Å²) in [6.07, 6.45) is 0.0385. The van der Waals surface area contributed by atoms with Crippen LogP contribution in [0.15, 0.2) is 0 Å². The lowest BCUT2D eigenvalue weighted by Crippen LogP contribution is -2.27. The van der Waals surface area contributed by atoms with Crippen molar-refractivity contribution >= 4 is 5.97 Å². The van der Waals surface area contributed by atoms with Crippen LogP contribution in [-0.4, -0.2) is 24.3 Å². The molecule has 2 atom stereocenters. The van der Waals surface area contributed by atoms with Crippen LogP contribution in [0.3, 0.4) is 0 Å². The summed E-state index contributed by atoms with van der Waals surface area (Å²) in [5.74, 6) is 0.142. The summed E-state index contributed by atoms with van der Waals surface area (Å²) in [5.41, 5.74) is -0.663. The molecule has 0 spiro atoms. The molecule has 0 aromatic heterocycles. The minimum absolute atomic E-state index is 0.0385. The monoisotopic (exact) mass is 172 g/mol. The van der Waals surface area contributed by atoms with Crippen LogP contribution in [0.5, 0.6) is 0 Å². The maximum Gasteiger partial charge on any atom is 0.340 e. The highest BCUT2D eigenvalue weighted by Gasteiger charge is 2.60. The fourth-order valence-electron chi connectivity index (χ4n) is 1.44. The van der Waals surface area contributed by atoms with E-state index in [4.69, 9.17) is 9.47 Å². The first-order valence-corrected chi connectivity index (χ1v) is 4.37. The minimum atomic E-state index is -0.663. The van der Waals surface area contributed by atoms with E-state index in [1.165, 1.54) is 0 Å². The number of carbonyl (C=O) groups excluding carboxylic acids is 1. The maximum absolute atomic E-state index is 11.3. The summed E-state index contributed by atoms with van der Waals surface area (Å²) < 4.78 is 10.2. The normalized spacial score (nSPS) is 33.6. The molecule has 12 heavy (non-hydrogen) atoms. The average Bonchev–Trinajstić information content (AvgIpc) is 2.65. The second kappa shape index (κ2) is 3.05. The number of epoxide rings is 1. The van der Waals surface area contributed by atoms with Gasteiger partial charge in [0.15, 0.2) is 5.60 Å². The van der Waals surface area contributed by atoms with Crippen LogP contribution in [0.4, 0.5) is 0 Å². The van der Waals surface area contributed by atoms with Crippen molar-refractivity contribution in [2.75, 3.05) is 6.61 Å². The van der Waals surface area contributed by atoms with Gasteiger partial charge in [-0.15, -0.1) is 0 Å². The van der Waals surface area contributed by atoms with Crippen molar-refractivity contribution in [2.45, 2.75) is 39.4 Å². The van der Waals surface area contributed by atoms with E-state index in [1.54, 1.807) is 13.8 Å². The van der Waals surface area contributed by atoms with Gasteiger partial charge in [-0.25, -0.2) is 4.79 Å². The van der Waals surface area contributed by atoms with E-state index in [9.17, 15) is 4.79 Å². The zero-order chi connectivity index (χ0) is 9.35. The van der Waals surface area contributed by atoms with E-state index in [0.29, 0.717) is 12.5 Å². The summed E-state index contributed by atoms with van der Waals surface area (Å²) in [5, 5.41) is 0. The van der Waals surface area contributed by atoms with E-state index in [0.717, 1.165) is 0 Å². The molecule has 3 nitrogen and oxygen atoms in total. The molecule has 1 rings (SSSR count). The van der Waals surface area contributed by atoms with E-state index >= 15 is 0 Å². The summed E-state index contributed by atoms with van der Waals surface area (Å²) in [6, 6.07) is 0. The first-order chi connectivity index (χ1) is 5.52. The fraction of sp³-hybridized carbons (Fsp3) is 0.889. The van der Waals surface area contributed by atoms with Gasteiger partial charge in [-0.05, 0) is 19.8 Å². The van der Waals surface area contributed by atoms with Gasteiger partial charge in [-0.3, -0.25) is 0 Å². The number of ether oxygens (including phenoxy) is 2. The molecule has 0 amide bonds. The summed E-state index contributed by atoms with van der Waals surface area (Å²) in [7, 11) is 0. The van der Waals surface area contributed by atoms with Crippen molar-refractivity contribution < 1.29 is 14.3 Å². The van der Waals surface area contributed by atoms with E-state index in [2.05, 4.69) is 0 Å². The average molecular weight is 172 g/mol. The van der Waals surface area contributed by atoms with Crippen LogP contribution in [0.1, 0.15) is 27.7 Å². The SMILES string of the molecule is CCOC(=O)[C@@]1(C)O[C@H]1C(C)C. The summed E-state index contributed by atoms with van der Waals surface area (Å²) in [4.78, 5) is 11.3. The van der Waals surface area contributed by atoms with Crippen LogP contribution in [0, 0.1) is 5.92 Å². The largest absolute Gasteiger partial charge is 0.464 e. The highest BCUT2D eigenvalue weighted by Crippen LogP contribution is 2.41. The number of carbonyl (C=O) groups is 1. The lowest BCUT2D eigenvalue weighted by Gasteiger charge is -2.06. The van der Waals surface area contributed by atoms with Crippen molar-refractivity contribution in [3.8, 4) is 0 Å². The zero-order valence-electron chi connectivity index (χ0n) is 8.09. The third-order valence-electron chi connectivity index (χ3n) is 2.14. The van der Waals surface area contributed by atoms with Crippen molar-refractivity contribution in [2.24, 2.45) is 5.92 Å². The predicted molar refractivity (Wildman–Crippen MR) is 44.7 cm³/mol. The first kappa shape index (κ1) is 9.52. The Bertz CT molecular complexity index is 188. The lowest BCUT2D eigenvalue weighted by atomic mass is 9.99.